The predicted molar refractivity (Wildman–Crippen MR) is 48.4 cm³/mol. The Kier molecular flexibility index (Phi) is 3.88. The van der Waals surface area contributed by atoms with Crippen molar-refractivity contribution < 1.29 is 35.9 Å². The molecular weight excluding hydrogens is 266 g/mol. The Labute approximate surface area is 97.2 Å². The summed E-state index contributed by atoms with van der Waals surface area (Å²) in [5.74, 6) is -0.753. The van der Waals surface area contributed by atoms with Gasteiger partial charge in [-0.2, -0.15) is 26.3 Å². The highest BCUT2D eigenvalue weighted by atomic mass is 19.4. The van der Waals surface area contributed by atoms with Gasteiger partial charge in [-0.1, -0.05) is 0 Å². The lowest BCUT2D eigenvalue weighted by Crippen LogP contribution is -2.20. The number of hydrogen-bond donors (Lipinski definition) is 0. The summed E-state index contributed by atoms with van der Waals surface area (Å²) in [6, 6.07) is 1.70. The van der Waals surface area contributed by atoms with E-state index < -0.39 is 30.3 Å². The lowest BCUT2D eigenvalue weighted by atomic mass is 10.1. The molecule has 0 radical (unpaired) electrons. The zero-order chi connectivity index (χ0) is 14.0. The maximum atomic E-state index is 12.3. The van der Waals surface area contributed by atoms with Gasteiger partial charge in [-0.25, -0.2) is 0 Å². The van der Waals surface area contributed by atoms with Crippen LogP contribution in [0.2, 0.25) is 0 Å². The van der Waals surface area contributed by atoms with Crippen LogP contribution in [0.25, 0.3) is 0 Å². The highest BCUT2D eigenvalue weighted by molar-refractivity contribution is 5.79. The second-order valence-electron chi connectivity index (χ2n) is 3.27. The number of carbonyl (C=O) groups excluding carboxylic acids is 1. The van der Waals surface area contributed by atoms with Crippen LogP contribution in [0.1, 0.15) is 15.9 Å². The summed E-state index contributed by atoms with van der Waals surface area (Å²) in [5, 5.41) is 0. The molecule has 0 saturated carbocycles. The minimum atomic E-state index is -4.72. The topological polar surface area (TPSA) is 26.3 Å². The van der Waals surface area contributed by atoms with Crippen molar-refractivity contribution in [3.63, 3.8) is 0 Å². The molecular formula is C10H6F6O2. The van der Waals surface area contributed by atoms with Crippen LogP contribution in [0.5, 0.6) is 5.75 Å². The Balaban J connectivity index is 3.03. The standard InChI is InChI=1S/C10H6F6O2/c11-9(12,13)5-18-8-3-7(10(14,15)16)2-1-6(8)4-17/h1-4H,5H2. The van der Waals surface area contributed by atoms with E-state index in [2.05, 4.69) is 4.74 Å². The van der Waals surface area contributed by atoms with Crippen LogP contribution >= 0.6 is 0 Å². The molecule has 100 valence electrons. The third-order valence-corrected chi connectivity index (χ3v) is 1.86. The summed E-state index contributed by atoms with van der Waals surface area (Å²) >= 11 is 0. The molecule has 2 nitrogen and oxygen atoms in total. The fraction of sp³-hybridized carbons (Fsp3) is 0.300. The third kappa shape index (κ3) is 3.94. The molecule has 0 amide bonds. The molecule has 0 atom stereocenters. The van der Waals surface area contributed by atoms with Crippen molar-refractivity contribution in [3.8, 4) is 5.75 Å². The van der Waals surface area contributed by atoms with Gasteiger partial charge in [0.05, 0.1) is 11.1 Å². The first-order chi connectivity index (χ1) is 8.13. The van der Waals surface area contributed by atoms with Crippen LogP contribution < -0.4 is 4.74 Å². The molecule has 18 heavy (non-hydrogen) atoms. The van der Waals surface area contributed by atoms with Gasteiger partial charge in [-0.05, 0) is 18.2 Å². The monoisotopic (exact) mass is 272 g/mol. The Morgan fingerprint density at radius 3 is 2.17 bits per heavy atom. The molecule has 0 aromatic heterocycles. The van der Waals surface area contributed by atoms with Gasteiger partial charge in [0.2, 0.25) is 0 Å². The third-order valence-electron chi connectivity index (χ3n) is 1.86. The lowest BCUT2D eigenvalue weighted by Gasteiger charge is -2.13. The van der Waals surface area contributed by atoms with Gasteiger partial charge in [0.25, 0.3) is 0 Å². The summed E-state index contributed by atoms with van der Waals surface area (Å²) in [5.41, 5.74) is -1.57. The molecule has 0 aliphatic rings. The molecule has 1 aromatic carbocycles. The Bertz CT molecular complexity index is 435. The zero-order valence-corrected chi connectivity index (χ0v) is 8.60. The smallest absolute Gasteiger partial charge is 0.422 e. The fourth-order valence-corrected chi connectivity index (χ4v) is 1.09. The average Bonchev–Trinajstić information content (AvgIpc) is 2.23. The normalized spacial score (nSPS) is 12.3. The first kappa shape index (κ1) is 14.3. The van der Waals surface area contributed by atoms with E-state index in [4.69, 9.17) is 0 Å². The minimum absolute atomic E-state index is 0.117. The maximum absolute atomic E-state index is 12.3. The molecule has 1 aromatic rings. The highest BCUT2D eigenvalue weighted by Gasteiger charge is 2.32. The number of rotatable bonds is 3. The van der Waals surface area contributed by atoms with Gasteiger partial charge < -0.3 is 4.74 Å². The number of alkyl halides is 6. The summed E-state index contributed by atoms with van der Waals surface area (Å²) in [7, 11) is 0. The summed E-state index contributed by atoms with van der Waals surface area (Å²) in [6.07, 6.45) is -9.31. The molecule has 0 unspecified atom stereocenters. The van der Waals surface area contributed by atoms with E-state index in [0.29, 0.717) is 12.1 Å². The molecule has 0 fully saturated rings. The van der Waals surface area contributed by atoms with Gasteiger partial charge >= 0.3 is 12.4 Å². The minimum Gasteiger partial charge on any atom is -0.483 e. The van der Waals surface area contributed by atoms with E-state index in [9.17, 15) is 31.1 Å². The molecule has 1 rings (SSSR count). The molecule has 0 heterocycles. The van der Waals surface area contributed by atoms with Crippen LogP contribution in [0.15, 0.2) is 18.2 Å². The van der Waals surface area contributed by atoms with Crippen molar-refractivity contribution in [2.24, 2.45) is 0 Å². The van der Waals surface area contributed by atoms with E-state index in [1.165, 1.54) is 0 Å². The van der Waals surface area contributed by atoms with Gasteiger partial charge in [-0.3, -0.25) is 4.79 Å². The first-order valence-electron chi connectivity index (χ1n) is 4.49. The molecule has 0 spiro atoms. The molecule has 0 bridgehead atoms. The predicted octanol–water partition coefficient (Wildman–Crippen LogP) is 3.46. The zero-order valence-electron chi connectivity index (χ0n) is 8.60. The largest absolute Gasteiger partial charge is 0.483 e. The van der Waals surface area contributed by atoms with E-state index in [1.807, 2.05) is 0 Å². The number of benzene rings is 1. The second kappa shape index (κ2) is 4.87. The average molecular weight is 272 g/mol. The van der Waals surface area contributed by atoms with E-state index in [-0.39, 0.29) is 11.8 Å². The highest BCUT2D eigenvalue weighted by Crippen LogP contribution is 2.33. The van der Waals surface area contributed by atoms with Crippen LogP contribution in [-0.2, 0) is 6.18 Å². The van der Waals surface area contributed by atoms with Crippen molar-refractivity contribution >= 4 is 6.29 Å². The van der Waals surface area contributed by atoms with Crippen molar-refractivity contribution in [2.45, 2.75) is 12.4 Å². The number of ether oxygens (including phenoxy) is 1. The SMILES string of the molecule is O=Cc1ccc(C(F)(F)F)cc1OCC(F)(F)F. The number of halogens is 6. The first-order valence-corrected chi connectivity index (χ1v) is 4.49. The van der Waals surface area contributed by atoms with E-state index in [0.717, 1.165) is 6.07 Å². The van der Waals surface area contributed by atoms with Gasteiger partial charge in [0.15, 0.2) is 12.9 Å². The number of hydrogen-bond acceptors (Lipinski definition) is 2. The van der Waals surface area contributed by atoms with Crippen molar-refractivity contribution in [3.05, 3.63) is 29.3 Å². The summed E-state index contributed by atoms with van der Waals surface area (Å²) < 4.78 is 76.7. The maximum Gasteiger partial charge on any atom is 0.422 e. The van der Waals surface area contributed by atoms with E-state index >= 15 is 0 Å². The summed E-state index contributed by atoms with van der Waals surface area (Å²) in [6.45, 7) is -1.77. The molecule has 0 aliphatic heterocycles. The Morgan fingerprint density at radius 2 is 1.72 bits per heavy atom. The van der Waals surface area contributed by atoms with Crippen LogP contribution in [0.4, 0.5) is 26.3 Å². The lowest BCUT2D eigenvalue weighted by molar-refractivity contribution is -0.153. The van der Waals surface area contributed by atoms with Crippen molar-refractivity contribution in [1.29, 1.82) is 0 Å². The van der Waals surface area contributed by atoms with Crippen LogP contribution in [-0.4, -0.2) is 19.1 Å². The van der Waals surface area contributed by atoms with E-state index in [1.54, 1.807) is 0 Å². The van der Waals surface area contributed by atoms with Gasteiger partial charge in [0.1, 0.15) is 5.75 Å². The van der Waals surface area contributed by atoms with Gasteiger partial charge in [-0.15, -0.1) is 0 Å². The van der Waals surface area contributed by atoms with Crippen molar-refractivity contribution in [1.82, 2.24) is 0 Å². The number of aldehydes is 1. The quantitative estimate of drug-likeness (QED) is 0.622. The summed E-state index contributed by atoms with van der Waals surface area (Å²) in [4.78, 5) is 10.5. The van der Waals surface area contributed by atoms with Crippen LogP contribution in [0.3, 0.4) is 0 Å². The second-order valence-corrected chi connectivity index (χ2v) is 3.27. The van der Waals surface area contributed by atoms with Crippen molar-refractivity contribution in [2.75, 3.05) is 6.61 Å². The molecule has 0 N–H and O–H groups in total. The van der Waals surface area contributed by atoms with Crippen LogP contribution in [0, 0.1) is 0 Å². The molecule has 8 heteroatoms. The Hall–Kier alpha value is -1.73. The number of carbonyl (C=O) groups is 1. The Morgan fingerprint density at radius 1 is 1.11 bits per heavy atom. The molecule has 0 saturated heterocycles. The van der Waals surface area contributed by atoms with Gasteiger partial charge in [0, 0.05) is 0 Å². The molecule has 0 aliphatic carbocycles. The fourth-order valence-electron chi connectivity index (χ4n) is 1.09.